The fourth-order valence-electron chi connectivity index (χ4n) is 2.75. The van der Waals surface area contributed by atoms with Crippen LogP contribution in [0.4, 0.5) is 0 Å². The van der Waals surface area contributed by atoms with Gasteiger partial charge in [-0.2, -0.15) is 0 Å². The molecule has 18 heavy (non-hydrogen) atoms. The highest BCUT2D eigenvalue weighted by Gasteiger charge is 2.67. The molecule has 2 rings (SSSR count). The first-order valence-corrected chi connectivity index (χ1v) is 7.79. The molecule has 1 aliphatic carbocycles. The Labute approximate surface area is 108 Å². The molecule has 1 aliphatic rings. The molecule has 0 saturated heterocycles. The van der Waals surface area contributed by atoms with Crippen LogP contribution in [0.3, 0.4) is 0 Å². The number of sulfone groups is 1. The minimum absolute atomic E-state index is 0.173. The van der Waals surface area contributed by atoms with Gasteiger partial charge in [0, 0.05) is 19.3 Å². The molecule has 0 spiro atoms. The average Bonchev–Trinajstić information content (AvgIpc) is 2.86. The van der Waals surface area contributed by atoms with Gasteiger partial charge in [0.25, 0.3) is 0 Å². The fourth-order valence-corrected chi connectivity index (χ4v) is 4.59. The molecule has 2 N–H and O–H groups in total. The molecule has 1 saturated carbocycles. The maximum absolute atomic E-state index is 11.8. The van der Waals surface area contributed by atoms with Crippen molar-refractivity contribution in [1.29, 1.82) is 0 Å². The normalized spacial score (nSPS) is 31.3. The summed E-state index contributed by atoms with van der Waals surface area (Å²) in [5.41, 5.74) is 7.51. The zero-order chi connectivity index (χ0) is 13.6. The molecule has 0 radical (unpaired) electrons. The minimum Gasteiger partial charge on any atom is -0.383 e. The lowest BCUT2D eigenvalue weighted by molar-refractivity contribution is 0.171. The first-order valence-electron chi connectivity index (χ1n) is 5.84. The lowest BCUT2D eigenvalue weighted by Gasteiger charge is -2.10. The maximum Gasteiger partial charge on any atom is 0.152 e. The number of methoxy groups -OCH3 is 1. The second-order valence-corrected chi connectivity index (χ2v) is 7.35. The molecule has 100 valence electrons. The monoisotopic (exact) mass is 269 g/mol. The molecule has 1 fully saturated rings. The number of hydrogen-bond acceptors (Lipinski definition) is 4. The van der Waals surface area contributed by atoms with Gasteiger partial charge in [-0.05, 0) is 12.5 Å². The van der Waals surface area contributed by atoms with E-state index in [1.54, 1.807) is 7.11 Å². The molecule has 0 heterocycles. The van der Waals surface area contributed by atoms with Crippen LogP contribution >= 0.6 is 0 Å². The summed E-state index contributed by atoms with van der Waals surface area (Å²) in [6, 6.07) is 7.84. The van der Waals surface area contributed by atoms with Crippen molar-refractivity contribution < 1.29 is 13.2 Å². The predicted molar refractivity (Wildman–Crippen MR) is 71.3 cm³/mol. The molecular weight excluding hydrogens is 250 g/mol. The average molecular weight is 269 g/mol. The van der Waals surface area contributed by atoms with Crippen molar-refractivity contribution in [3.63, 3.8) is 0 Å². The van der Waals surface area contributed by atoms with Gasteiger partial charge in [-0.25, -0.2) is 8.42 Å². The van der Waals surface area contributed by atoms with E-state index < -0.39 is 20.6 Å². The van der Waals surface area contributed by atoms with E-state index in [1.165, 1.54) is 6.26 Å². The Hall–Kier alpha value is -0.910. The van der Waals surface area contributed by atoms with E-state index in [2.05, 4.69) is 0 Å². The van der Waals surface area contributed by atoms with Crippen molar-refractivity contribution in [2.75, 3.05) is 20.0 Å². The Morgan fingerprint density at radius 2 is 1.89 bits per heavy atom. The van der Waals surface area contributed by atoms with Crippen LogP contribution in [0.1, 0.15) is 17.0 Å². The molecule has 3 atom stereocenters. The highest BCUT2D eigenvalue weighted by atomic mass is 32.2. The van der Waals surface area contributed by atoms with Gasteiger partial charge in [0.05, 0.1) is 17.4 Å². The Balaban J connectivity index is 2.35. The van der Waals surface area contributed by atoms with E-state index in [0.717, 1.165) is 11.1 Å². The van der Waals surface area contributed by atoms with E-state index in [-0.39, 0.29) is 12.5 Å². The first-order chi connectivity index (χ1) is 8.30. The van der Waals surface area contributed by atoms with Crippen molar-refractivity contribution in [2.24, 2.45) is 5.73 Å². The molecule has 0 aromatic heterocycles. The quantitative estimate of drug-likeness (QED) is 0.879. The molecule has 0 aliphatic heterocycles. The highest BCUT2D eigenvalue weighted by Crippen LogP contribution is 2.53. The second kappa shape index (κ2) is 4.33. The summed E-state index contributed by atoms with van der Waals surface area (Å²) >= 11 is 0. The van der Waals surface area contributed by atoms with Crippen LogP contribution in [0.2, 0.25) is 0 Å². The van der Waals surface area contributed by atoms with Gasteiger partial charge < -0.3 is 10.5 Å². The van der Waals surface area contributed by atoms with Crippen molar-refractivity contribution in [3.8, 4) is 0 Å². The summed E-state index contributed by atoms with van der Waals surface area (Å²) in [5, 5.41) is -0.548. The summed E-state index contributed by atoms with van der Waals surface area (Å²) in [7, 11) is -1.63. The molecule has 0 amide bonds. The largest absolute Gasteiger partial charge is 0.383 e. The van der Waals surface area contributed by atoms with Crippen molar-refractivity contribution in [1.82, 2.24) is 0 Å². The third-order valence-electron chi connectivity index (χ3n) is 3.59. The topological polar surface area (TPSA) is 69.4 Å². The smallest absolute Gasteiger partial charge is 0.152 e. The maximum atomic E-state index is 11.8. The Bertz CT molecular complexity index is 538. The Kier molecular flexibility index (Phi) is 3.25. The molecule has 1 aromatic carbocycles. The van der Waals surface area contributed by atoms with Gasteiger partial charge >= 0.3 is 0 Å². The van der Waals surface area contributed by atoms with Gasteiger partial charge in [-0.15, -0.1) is 0 Å². The molecule has 0 bridgehead atoms. The zero-order valence-electron chi connectivity index (χ0n) is 10.9. The fraction of sp³-hybridized carbons (Fsp3) is 0.538. The summed E-state index contributed by atoms with van der Waals surface area (Å²) < 4.78 is 28.7. The van der Waals surface area contributed by atoms with Crippen molar-refractivity contribution in [3.05, 3.63) is 35.4 Å². The van der Waals surface area contributed by atoms with Crippen LogP contribution in [0.5, 0.6) is 0 Å². The number of rotatable bonds is 4. The second-order valence-electron chi connectivity index (χ2n) is 5.18. The highest BCUT2D eigenvalue weighted by molar-refractivity contribution is 7.91. The van der Waals surface area contributed by atoms with Gasteiger partial charge in [-0.1, -0.05) is 29.8 Å². The zero-order valence-corrected chi connectivity index (χ0v) is 11.7. The molecule has 4 nitrogen and oxygen atoms in total. The van der Waals surface area contributed by atoms with Crippen LogP contribution in [-0.2, 0) is 14.6 Å². The first kappa shape index (κ1) is 13.5. The summed E-state index contributed by atoms with van der Waals surface area (Å²) in [6.45, 7) is 2.25. The van der Waals surface area contributed by atoms with E-state index in [0.29, 0.717) is 0 Å². The van der Waals surface area contributed by atoms with Gasteiger partial charge in [-0.3, -0.25) is 0 Å². The van der Waals surface area contributed by atoms with Crippen LogP contribution in [0.15, 0.2) is 24.3 Å². The van der Waals surface area contributed by atoms with Crippen molar-refractivity contribution in [2.45, 2.75) is 23.6 Å². The lowest BCUT2D eigenvalue weighted by atomic mass is 10.1. The van der Waals surface area contributed by atoms with Crippen LogP contribution < -0.4 is 5.73 Å². The van der Waals surface area contributed by atoms with Gasteiger partial charge in [0.2, 0.25) is 0 Å². The summed E-state index contributed by atoms with van der Waals surface area (Å²) in [5.74, 6) is -0.173. The van der Waals surface area contributed by atoms with E-state index in [1.807, 2.05) is 31.2 Å². The number of benzene rings is 1. The Morgan fingerprint density at radius 1 is 1.33 bits per heavy atom. The Morgan fingerprint density at radius 3 is 2.33 bits per heavy atom. The number of nitrogens with two attached hydrogens (primary N) is 1. The van der Waals surface area contributed by atoms with Crippen LogP contribution in [0, 0.1) is 6.92 Å². The molecule has 1 aromatic rings. The summed E-state index contributed by atoms with van der Waals surface area (Å²) in [4.78, 5) is 0. The molecule has 3 unspecified atom stereocenters. The molecule has 5 heteroatoms. The third kappa shape index (κ3) is 2.18. The minimum atomic E-state index is -3.17. The SMILES string of the molecule is COCC1(N)C(c2ccc(C)cc2)C1S(C)(=O)=O. The predicted octanol–water partition coefficient (Wildman–Crippen LogP) is 0.849. The van der Waals surface area contributed by atoms with E-state index in [4.69, 9.17) is 10.5 Å². The van der Waals surface area contributed by atoms with Gasteiger partial charge in [0.1, 0.15) is 0 Å². The lowest BCUT2D eigenvalue weighted by Crippen LogP contribution is -2.35. The molecular formula is C13H19NO3S. The van der Waals surface area contributed by atoms with Crippen LogP contribution in [-0.4, -0.2) is 39.2 Å². The van der Waals surface area contributed by atoms with Crippen molar-refractivity contribution >= 4 is 9.84 Å². The number of aryl methyl sites for hydroxylation is 1. The van der Waals surface area contributed by atoms with E-state index in [9.17, 15) is 8.42 Å². The third-order valence-corrected chi connectivity index (χ3v) is 5.23. The summed E-state index contributed by atoms with van der Waals surface area (Å²) in [6.07, 6.45) is 1.24. The number of hydrogen-bond donors (Lipinski definition) is 1. The van der Waals surface area contributed by atoms with Gasteiger partial charge in [0.15, 0.2) is 9.84 Å². The standard InChI is InChI=1S/C13H19NO3S/c1-9-4-6-10(7-5-9)11-12(18(3,15)16)13(11,14)8-17-2/h4-7,11-12H,8,14H2,1-3H3. The van der Waals surface area contributed by atoms with Crippen LogP contribution in [0.25, 0.3) is 0 Å². The number of ether oxygens (including phenoxy) is 1. The van der Waals surface area contributed by atoms with E-state index >= 15 is 0 Å².